The molecule has 3 heteroatoms. The van der Waals surface area contributed by atoms with E-state index in [9.17, 15) is 4.79 Å². The molecule has 0 aromatic rings. The smallest absolute Gasteiger partial charge is 0.250 e. The fourth-order valence-corrected chi connectivity index (χ4v) is 1.04. The molecule has 0 fully saturated rings. The Bertz CT molecular complexity index is 180. The summed E-state index contributed by atoms with van der Waals surface area (Å²) in [7, 11) is 0. The second kappa shape index (κ2) is 2.95. The number of carbonyl (C=O) groups excluding carboxylic acids is 1. The standard InChI is InChI=1S/C8H12O3/c1-3-8(4-2)10-6-7(5-9)11-8/h5-6H,3-4H2,1-2H3. The number of allylic oxidation sites excluding steroid dienone is 1. The predicted octanol–water partition coefficient (Wildman–Crippen LogP) is 1.59. The molecule has 0 aliphatic carbocycles. The van der Waals surface area contributed by atoms with Crippen LogP contribution in [0.5, 0.6) is 0 Å². The minimum Gasteiger partial charge on any atom is -0.456 e. The van der Waals surface area contributed by atoms with Gasteiger partial charge in [-0.25, -0.2) is 0 Å². The Labute approximate surface area is 66.0 Å². The monoisotopic (exact) mass is 156 g/mol. The molecular formula is C8H12O3. The molecule has 62 valence electrons. The molecule has 0 saturated heterocycles. The first-order chi connectivity index (χ1) is 5.26. The molecule has 0 saturated carbocycles. The zero-order chi connectivity index (χ0) is 8.32. The molecule has 0 atom stereocenters. The first-order valence-corrected chi connectivity index (χ1v) is 3.78. The van der Waals surface area contributed by atoms with Gasteiger partial charge in [0.15, 0.2) is 12.0 Å². The van der Waals surface area contributed by atoms with Gasteiger partial charge in [-0.1, -0.05) is 13.8 Å². The number of hydrogen-bond acceptors (Lipinski definition) is 3. The summed E-state index contributed by atoms with van der Waals surface area (Å²) < 4.78 is 10.5. The zero-order valence-corrected chi connectivity index (χ0v) is 6.79. The largest absolute Gasteiger partial charge is 0.456 e. The average Bonchev–Trinajstić information content (AvgIpc) is 2.49. The number of carbonyl (C=O) groups is 1. The van der Waals surface area contributed by atoms with E-state index in [0.717, 1.165) is 12.8 Å². The Kier molecular flexibility index (Phi) is 2.17. The van der Waals surface area contributed by atoms with Crippen molar-refractivity contribution in [2.45, 2.75) is 32.5 Å². The highest BCUT2D eigenvalue weighted by atomic mass is 16.7. The van der Waals surface area contributed by atoms with Gasteiger partial charge in [0.2, 0.25) is 5.79 Å². The molecule has 11 heavy (non-hydrogen) atoms. The summed E-state index contributed by atoms with van der Waals surface area (Å²) in [6.45, 7) is 3.93. The Morgan fingerprint density at radius 2 is 2.18 bits per heavy atom. The lowest BCUT2D eigenvalue weighted by atomic mass is 10.1. The highest BCUT2D eigenvalue weighted by Gasteiger charge is 2.34. The molecule has 0 radical (unpaired) electrons. The first-order valence-electron chi connectivity index (χ1n) is 3.78. The molecule has 0 unspecified atom stereocenters. The van der Waals surface area contributed by atoms with Gasteiger partial charge in [-0.15, -0.1) is 0 Å². The van der Waals surface area contributed by atoms with Crippen molar-refractivity contribution in [2.75, 3.05) is 0 Å². The lowest BCUT2D eigenvalue weighted by molar-refractivity contribution is -0.154. The van der Waals surface area contributed by atoms with Crippen LogP contribution >= 0.6 is 0 Å². The third-order valence-electron chi connectivity index (χ3n) is 1.89. The summed E-state index contributed by atoms with van der Waals surface area (Å²) in [5, 5.41) is 0. The molecule has 0 amide bonds. The molecule has 1 aliphatic rings. The number of ether oxygens (including phenoxy) is 2. The van der Waals surface area contributed by atoms with Gasteiger partial charge >= 0.3 is 0 Å². The minimum absolute atomic E-state index is 0.286. The van der Waals surface area contributed by atoms with Crippen molar-refractivity contribution in [2.24, 2.45) is 0 Å². The molecule has 1 rings (SSSR count). The molecule has 0 aromatic heterocycles. The van der Waals surface area contributed by atoms with Crippen molar-refractivity contribution < 1.29 is 14.3 Å². The van der Waals surface area contributed by atoms with Gasteiger partial charge in [-0.05, 0) is 0 Å². The summed E-state index contributed by atoms with van der Waals surface area (Å²) in [5.74, 6) is -0.287. The van der Waals surface area contributed by atoms with E-state index in [1.807, 2.05) is 13.8 Å². The second-order valence-corrected chi connectivity index (χ2v) is 2.48. The fraction of sp³-hybridized carbons (Fsp3) is 0.625. The van der Waals surface area contributed by atoms with Crippen LogP contribution in [0, 0.1) is 0 Å². The van der Waals surface area contributed by atoms with Crippen LogP contribution in [0.15, 0.2) is 12.0 Å². The molecule has 0 aromatic carbocycles. The number of hydrogen-bond donors (Lipinski definition) is 0. The van der Waals surface area contributed by atoms with Crippen LogP contribution in [-0.4, -0.2) is 12.1 Å². The molecule has 0 spiro atoms. The van der Waals surface area contributed by atoms with Crippen molar-refractivity contribution in [1.29, 1.82) is 0 Å². The third kappa shape index (κ3) is 1.37. The number of rotatable bonds is 3. The van der Waals surface area contributed by atoms with Crippen LogP contribution in [0.3, 0.4) is 0 Å². The topological polar surface area (TPSA) is 35.5 Å². The van der Waals surface area contributed by atoms with Gasteiger partial charge in [0.05, 0.1) is 0 Å². The Morgan fingerprint density at radius 1 is 1.55 bits per heavy atom. The summed E-state index contributed by atoms with van der Waals surface area (Å²) in [4.78, 5) is 10.3. The minimum atomic E-state index is -0.573. The van der Waals surface area contributed by atoms with E-state index in [0.29, 0.717) is 6.29 Å². The van der Waals surface area contributed by atoms with E-state index in [1.165, 1.54) is 6.26 Å². The van der Waals surface area contributed by atoms with Gasteiger partial charge in [0.25, 0.3) is 0 Å². The highest BCUT2D eigenvalue weighted by molar-refractivity contribution is 5.70. The van der Waals surface area contributed by atoms with E-state index >= 15 is 0 Å². The van der Waals surface area contributed by atoms with Gasteiger partial charge in [-0.2, -0.15) is 0 Å². The summed E-state index contributed by atoms with van der Waals surface area (Å²) in [5.41, 5.74) is 0. The molecule has 3 nitrogen and oxygen atoms in total. The fourth-order valence-electron chi connectivity index (χ4n) is 1.04. The van der Waals surface area contributed by atoms with Crippen LogP contribution in [0.4, 0.5) is 0 Å². The maximum atomic E-state index is 10.3. The zero-order valence-electron chi connectivity index (χ0n) is 6.79. The first kappa shape index (κ1) is 8.11. The molecule has 0 N–H and O–H groups in total. The van der Waals surface area contributed by atoms with Crippen LogP contribution in [0.1, 0.15) is 26.7 Å². The maximum absolute atomic E-state index is 10.3. The van der Waals surface area contributed by atoms with Crippen molar-refractivity contribution in [1.82, 2.24) is 0 Å². The van der Waals surface area contributed by atoms with E-state index < -0.39 is 5.79 Å². The van der Waals surface area contributed by atoms with E-state index in [2.05, 4.69) is 0 Å². The van der Waals surface area contributed by atoms with E-state index in [4.69, 9.17) is 9.47 Å². The van der Waals surface area contributed by atoms with Gasteiger partial charge in [0, 0.05) is 12.8 Å². The van der Waals surface area contributed by atoms with Crippen molar-refractivity contribution in [3.63, 3.8) is 0 Å². The Balaban J connectivity index is 2.61. The Morgan fingerprint density at radius 3 is 2.45 bits per heavy atom. The third-order valence-corrected chi connectivity index (χ3v) is 1.89. The normalized spacial score (nSPS) is 20.0. The van der Waals surface area contributed by atoms with Gasteiger partial charge in [0.1, 0.15) is 6.26 Å². The summed E-state index contributed by atoms with van der Waals surface area (Å²) >= 11 is 0. The average molecular weight is 156 g/mol. The molecule has 0 bridgehead atoms. The van der Waals surface area contributed by atoms with Crippen molar-refractivity contribution >= 4 is 6.29 Å². The van der Waals surface area contributed by atoms with Crippen molar-refractivity contribution in [3.05, 3.63) is 12.0 Å². The van der Waals surface area contributed by atoms with Gasteiger partial charge < -0.3 is 9.47 Å². The SMILES string of the molecule is CCC1(CC)OC=C(C=O)O1. The quantitative estimate of drug-likeness (QED) is 0.582. The predicted molar refractivity (Wildman–Crippen MR) is 39.6 cm³/mol. The van der Waals surface area contributed by atoms with Crippen LogP contribution in [0.2, 0.25) is 0 Å². The van der Waals surface area contributed by atoms with Crippen LogP contribution < -0.4 is 0 Å². The van der Waals surface area contributed by atoms with Crippen LogP contribution in [-0.2, 0) is 14.3 Å². The Hall–Kier alpha value is -0.990. The van der Waals surface area contributed by atoms with Crippen molar-refractivity contribution in [3.8, 4) is 0 Å². The van der Waals surface area contributed by atoms with Gasteiger partial charge in [-0.3, -0.25) is 4.79 Å². The maximum Gasteiger partial charge on any atom is 0.250 e. The molecule has 1 aliphatic heterocycles. The number of aldehydes is 1. The summed E-state index contributed by atoms with van der Waals surface area (Å²) in [6.07, 6.45) is 3.53. The summed E-state index contributed by atoms with van der Waals surface area (Å²) in [6, 6.07) is 0. The lowest BCUT2D eigenvalue weighted by Crippen LogP contribution is -2.28. The van der Waals surface area contributed by atoms with E-state index in [1.54, 1.807) is 0 Å². The second-order valence-electron chi connectivity index (χ2n) is 2.48. The molecule has 1 heterocycles. The molecular weight excluding hydrogens is 144 g/mol. The van der Waals surface area contributed by atoms with E-state index in [-0.39, 0.29) is 5.76 Å². The van der Waals surface area contributed by atoms with Crippen LogP contribution in [0.25, 0.3) is 0 Å². The highest BCUT2D eigenvalue weighted by Crippen LogP contribution is 2.30. The lowest BCUT2D eigenvalue weighted by Gasteiger charge is -2.24.